The fourth-order valence-electron chi connectivity index (χ4n) is 2.60. The number of nitrogens with two attached hydrogens (primary N) is 1. The van der Waals surface area contributed by atoms with E-state index in [0.717, 1.165) is 44.0 Å². The van der Waals surface area contributed by atoms with Gasteiger partial charge in [0.2, 0.25) is 5.91 Å². The standard InChI is InChI=1S/C16H23F3N4O/c1-11(20)15(24)21-10-12-9-13(16(17,18)19)3-4-14(12)23-7-5-22(2)6-8-23/h3-4,9,11H,5-8,10,20H2,1-2H3,(H,21,24)/t11-/m1/s1. The number of anilines is 1. The zero-order chi connectivity index (χ0) is 17.9. The minimum Gasteiger partial charge on any atom is -0.369 e. The molecular formula is C16H23F3N4O. The number of alkyl halides is 3. The summed E-state index contributed by atoms with van der Waals surface area (Å²) in [5.74, 6) is -0.392. The summed E-state index contributed by atoms with van der Waals surface area (Å²) in [5.41, 5.74) is 5.94. The van der Waals surface area contributed by atoms with Gasteiger partial charge in [-0.15, -0.1) is 0 Å². The summed E-state index contributed by atoms with van der Waals surface area (Å²) in [6, 6.07) is 2.98. The molecule has 0 unspecified atom stereocenters. The smallest absolute Gasteiger partial charge is 0.369 e. The number of rotatable bonds is 4. The summed E-state index contributed by atoms with van der Waals surface area (Å²) in [5, 5.41) is 2.60. The lowest BCUT2D eigenvalue weighted by Crippen LogP contribution is -2.45. The van der Waals surface area contributed by atoms with Gasteiger partial charge in [-0.2, -0.15) is 13.2 Å². The lowest BCUT2D eigenvalue weighted by atomic mass is 10.1. The molecule has 0 saturated carbocycles. The lowest BCUT2D eigenvalue weighted by molar-refractivity contribution is -0.137. The highest BCUT2D eigenvalue weighted by atomic mass is 19.4. The predicted octanol–water partition coefficient (Wildman–Crippen LogP) is 1.42. The van der Waals surface area contributed by atoms with Crippen LogP contribution in [0.15, 0.2) is 18.2 Å². The molecule has 0 bridgehead atoms. The van der Waals surface area contributed by atoms with Gasteiger partial charge in [-0.05, 0) is 37.7 Å². The third-order valence-electron chi connectivity index (χ3n) is 4.12. The molecule has 0 spiro atoms. The molecule has 1 aliphatic rings. The number of hydrogen-bond acceptors (Lipinski definition) is 4. The van der Waals surface area contributed by atoms with Crippen molar-refractivity contribution in [2.75, 3.05) is 38.1 Å². The fourth-order valence-corrected chi connectivity index (χ4v) is 2.60. The monoisotopic (exact) mass is 344 g/mol. The van der Waals surface area contributed by atoms with Crippen molar-refractivity contribution in [1.29, 1.82) is 0 Å². The number of nitrogens with zero attached hydrogens (tertiary/aromatic N) is 2. The molecule has 0 radical (unpaired) electrons. The molecule has 1 aromatic rings. The molecule has 5 nitrogen and oxygen atoms in total. The topological polar surface area (TPSA) is 61.6 Å². The number of benzene rings is 1. The number of likely N-dealkylation sites (N-methyl/N-ethyl adjacent to an activating group) is 1. The molecule has 8 heteroatoms. The van der Waals surface area contributed by atoms with Crippen LogP contribution in [0.5, 0.6) is 0 Å². The van der Waals surface area contributed by atoms with Crippen LogP contribution in [0, 0.1) is 0 Å². The number of carbonyl (C=O) groups is 1. The predicted molar refractivity (Wildman–Crippen MR) is 86.7 cm³/mol. The van der Waals surface area contributed by atoms with Crippen LogP contribution in [0.4, 0.5) is 18.9 Å². The van der Waals surface area contributed by atoms with Gasteiger partial charge in [0, 0.05) is 38.4 Å². The number of amides is 1. The largest absolute Gasteiger partial charge is 0.416 e. The number of halogens is 3. The van der Waals surface area contributed by atoms with Crippen molar-refractivity contribution in [1.82, 2.24) is 10.2 Å². The van der Waals surface area contributed by atoms with E-state index in [-0.39, 0.29) is 6.54 Å². The van der Waals surface area contributed by atoms with Gasteiger partial charge in [-0.25, -0.2) is 0 Å². The second-order valence-corrected chi connectivity index (χ2v) is 6.14. The van der Waals surface area contributed by atoms with E-state index in [1.54, 1.807) is 0 Å². The maximum Gasteiger partial charge on any atom is 0.416 e. The molecule has 1 aliphatic heterocycles. The minimum atomic E-state index is -4.42. The SMILES string of the molecule is C[C@@H](N)C(=O)NCc1cc(C(F)(F)F)ccc1N1CCN(C)CC1. The van der Waals surface area contributed by atoms with E-state index in [2.05, 4.69) is 10.2 Å². The Morgan fingerprint density at radius 3 is 2.46 bits per heavy atom. The van der Waals surface area contributed by atoms with Crippen LogP contribution in [-0.2, 0) is 17.5 Å². The zero-order valence-electron chi connectivity index (χ0n) is 13.9. The minimum absolute atomic E-state index is 0.0198. The number of hydrogen-bond donors (Lipinski definition) is 2. The summed E-state index contributed by atoms with van der Waals surface area (Å²) in [7, 11) is 2.01. The molecule has 1 fully saturated rings. The van der Waals surface area contributed by atoms with Gasteiger partial charge < -0.3 is 20.9 Å². The highest BCUT2D eigenvalue weighted by molar-refractivity contribution is 5.81. The summed E-state index contributed by atoms with van der Waals surface area (Å²) in [6.45, 7) is 4.69. The van der Waals surface area contributed by atoms with E-state index >= 15 is 0 Å². The van der Waals surface area contributed by atoms with Gasteiger partial charge in [-0.1, -0.05) is 0 Å². The molecule has 1 heterocycles. The Morgan fingerprint density at radius 2 is 1.92 bits per heavy atom. The van der Waals surface area contributed by atoms with Gasteiger partial charge in [0.25, 0.3) is 0 Å². The molecule has 1 aromatic carbocycles. The van der Waals surface area contributed by atoms with E-state index in [1.165, 1.54) is 13.0 Å². The maximum atomic E-state index is 13.0. The van der Waals surface area contributed by atoms with Crippen molar-refractivity contribution in [2.45, 2.75) is 25.7 Å². The number of nitrogens with one attached hydrogen (secondary N) is 1. The van der Waals surface area contributed by atoms with Crippen LogP contribution in [0.2, 0.25) is 0 Å². The molecule has 1 saturated heterocycles. The van der Waals surface area contributed by atoms with Crippen LogP contribution in [-0.4, -0.2) is 50.1 Å². The zero-order valence-corrected chi connectivity index (χ0v) is 13.9. The summed E-state index contributed by atoms with van der Waals surface area (Å²) >= 11 is 0. The Bertz CT molecular complexity index is 581. The first kappa shape index (κ1) is 18.5. The van der Waals surface area contributed by atoms with E-state index in [4.69, 9.17) is 5.73 Å². The Hall–Kier alpha value is -1.80. The van der Waals surface area contributed by atoms with Crippen LogP contribution < -0.4 is 16.0 Å². The van der Waals surface area contributed by atoms with E-state index < -0.39 is 23.7 Å². The molecule has 1 amide bonds. The van der Waals surface area contributed by atoms with Crippen LogP contribution in [0.1, 0.15) is 18.1 Å². The second-order valence-electron chi connectivity index (χ2n) is 6.14. The summed E-state index contributed by atoms with van der Waals surface area (Å²) < 4.78 is 39.0. The normalized spacial score (nSPS) is 17.7. The van der Waals surface area contributed by atoms with Gasteiger partial charge in [0.15, 0.2) is 0 Å². The highest BCUT2D eigenvalue weighted by Crippen LogP contribution is 2.33. The Labute approximate surface area is 139 Å². The molecule has 3 N–H and O–H groups in total. The van der Waals surface area contributed by atoms with E-state index in [1.807, 2.05) is 11.9 Å². The highest BCUT2D eigenvalue weighted by Gasteiger charge is 2.31. The van der Waals surface area contributed by atoms with Crippen LogP contribution in [0.25, 0.3) is 0 Å². The van der Waals surface area contributed by atoms with E-state index in [9.17, 15) is 18.0 Å². The molecule has 24 heavy (non-hydrogen) atoms. The summed E-state index contributed by atoms with van der Waals surface area (Å²) in [6.07, 6.45) is -4.42. The molecule has 134 valence electrons. The first-order valence-corrected chi connectivity index (χ1v) is 7.85. The van der Waals surface area contributed by atoms with Crippen LogP contribution >= 0.6 is 0 Å². The van der Waals surface area contributed by atoms with Crippen molar-refractivity contribution in [3.63, 3.8) is 0 Å². The molecular weight excluding hydrogens is 321 g/mol. The Balaban J connectivity index is 2.26. The first-order valence-electron chi connectivity index (χ1n) is 7.85. The van der Waals surface area contributed by atoms with Gasteiger partial charge >= 0.3 is 6.18 Å². The van der Waals surface area contributed by atoms with Crippen molar-refractivity contribution >= 4 is 11.6 Å². The van der Waals surface area contributed by atoms with Crippen molar-refractivity contribution in [2.24, 2.45) is 5.73 Å². The van der Waals surface area contributed by atoms with Gasteiger partial charge in [-0.3, -0.25) is 4.79 Å². The second kappa shape index (κ2) is 7.40. The third-order valence-corrected chi connectivity index (χ3v) is 4.12. The molecule has 0 aliphatic carbocycles. The summed E-state index contributed by atoms with van der Waals surface area (Å²) in [4.78, 5) is 15.9. The first-order chi connectivity index (χ1) is 11.2. The van der Waals surface area contributed by atoms with E-state index in [0.29, 0.717) is 5.56 Å². The number of piperazine rings is 1. The Morgan fingerprint density at radius 1 is 1.29 bits per heavy atom. The molecule has 0 aromatic heterocycles. The average Bonchev–Trinajstić information content (AvgIpc) is 2.52. The lowest BCUT2D eigenvalue weighted by Gasteiger charge is -2.35. The molecule has 1 atom stereocenters. The average molecular weight is 344 g/mol. The van der Waals surface area contributed by atoms with Gasteiger partial charge in [0.05, 0.1) is 11.6 Å². The van der Waals surface area contributed by atoms with Crippen LogP contribution in [0.3, 0.4) is 0 Å². The fraction of sp³-hybridized carbons (Fsp3) is 0.562. The van der Waals surface area contributed by atoms with Crippen molar-refractivity contribution < 1.29 is 18.0 Å². The Kier molecular flexibility index (Phi) is 5.71. The van der Waals surface area contributed by atoms with Crippen molar-refractivity contribution in [3.8, 4) is 0 Å². The number of carbonyl (C=O) groups excluding carboxylic acids is 1. The third kappa shape index (κ3) is 4.61. The molecule has 2 rings (SSSR count). The van der Waals surface area contributed by atoms with Gasteiger partial charge in [0.1, 0.15) is 0 Å². The maximum absolute atomic E-state index is 13.0. The quantitative estimate of drug-likeness (QED) is 0.867. The van der Waals surface area contributed by atoms with Crippen molar-refractivity contribution in [3.05, 3.63) is 29.3 Å².